The van der Waals surface area contributed by atoms with Crippen LogP contribution >= 0.6 is 0 Å². The maximum Gasteiger partial charge on any atom is 0.291 e. The number of aryl methyl sites for hydroxylation is 2. The van der Waals surface area contributed by atoms with Crippen molar-refractivity contribution in [2.45, 2.75) is 13.8 Å². The summed E-state index contributed by atoms with van der Waals surface area (Å²) >= 11 is 0. The van der Waals surface area contributed by atoms with Gasteiger partial charge in [-0.3, -0.25) is 9.59 Å². The van der Waals surface area contributed by atoms with Crippen molar-refractivity contribution in [1.82, 2.24) is 4.90 Å². The molecule has 0 atom stereocenters. The van der Waals surface area contributed by atoms with E-state index < -0.39 is 0 Å². The molecular formula is C20H20N2O5. The highest BCUT2D eigenvalue weighted by atomic mass is 16.5. The van der Waals surface area contributed by atoms with Gasteiger partial charge < -0.3 is 23.8 Å². The number of carbonyl (C=O) groups excluding carboxylic acids is 2. The summed E-state index contributed by atoms with van der Waals surface area (Å²) in [5, 5.41) is 3.53. The van der Waals surface area contributed by atoms with Crippen LogP contribution in [-0.2, 0) is 4.74 Å². The van der Waals surface area contributed by atoms with E-state index in [1.165, 1.54) is 0 Å². The molecule has 0 unspecified atom stereocenters. The number of para-hydroxylation sites is 1. The van der Waals surface area contributed by atoms with Gasteiger partial charge in [0, 0.05) is 18.5 Å². The summed E-state index contributed by atoms with van der Waals surface area (Å²) in [4.78, 5) is 27.4. The molecule has 0 spiro atoms. The molecule has 7 nitrogen and oxygen atoms in total. The van der Waals surface area contributed by atoms with Crippen molar-refractivity contribution in [3.05, 3.63) is 53.2 Å². The van der Waals surface area contributed by atoms with Crippen molar-refractivity contribution in [2.75, 3.05) is 31.6 Å². The molecule has 1 saturated heterocycles. The monoisotopic (exact) mass is 368 g/mol. The number of benzene rings is 1. The van der Waals surface area contributed by atoms with E-state index in [0.29, 0.717) is 60.0 Å². The molecule has 0 radical (unpaired) electrons. The average molecular weight is 368 g/mol. The Kier molecular flexibility index (Phi) is 4.45. The fourth-order valence-corrected chi connectivity index (χ4v) is 3.27. The van der Waals surface area contributed by atoms with E-state index in [0.717, 1.165) is 0 Å². The van der Waals surface area contributed by atoms with Crippen molar-refractivity contribution in [3.63, 3.8) is 0 Å². The Balaban J connectivity index is 1.73. The number of rotatable bonds is 3. The summed E-state index contributed by atoms with van der Waals surface area (Å²) in [5.41, 5.74) is 1.36. The van der Waals surface area contributed by atoms with Gasteiger partial charge >= 0.3 is 0 Å². The van der Waals surface area contributed by atoms with E-state index in [1.807, 2.05) is 18.2 Å². The van der Waals surface area contributed by atoms with Gasteiger partial charge in [-0.15, -0.1) is 0 Å². The zero-order chi connectivity index (χ0) is 19.0. The first-order valence-electron chi connectivity index (χ1n) is 8.81. The molecule has 7 heteroatoms. The highest BCUT2D eigenvalue weighted by Crippen LogP contribution is 2.32. The fraction of sp³-hybridized carbons (Fsp3) is 0.300. The van der Waals surface area contributed by atoms with Crippen molar-refractivity contribution >= 4 is 28.5 Å². The van der Waals surface area contributed by atoms with E-state index in [9.17, 15) is 9.59 Å². The Morgan fingerprint density at radius 2 is 1.81 bits per heavy atom. The summed E-state index contributed by atoms with van der Waals surface area (Å²) in [6.45, 7) is 5.47. The molecule has 0 saturated carbocycles. The highest BCUT2D eigenvalue weighted by molar-refractivity contribution is 6.14. The molecule has 2 aromatic heterocycles. The smallest absolute Gasteiger partial charge is 0.291 e. The van der Waals surface area contributed by atoms with Crippen molar-refractivity contribution < 1.29 is 23.2 Å². The van der Waals surface area contributed by atoms with Crippen LogP contribution in [0.5, 0.6) is 0 Å². The Morgan fingerprint density at radius 3 is 2.52 bits per heavy atom. The van der Waals surface area contributed by atoms with Crippen LogP contribution in [0, 0.1) is 13.8 Å². The van der Waals surface area contributed by atoms with Gasteiger partial charge in [-0.25, -0.2) is 0 Å². The number of ether oxygens (including phenoxy) is 1. The minimum atomic E-state index is -0.341. The lowest BCUT2D eigenvalue weighted by Crippen LogP contribution is -2.40. The predicted octanol–water partition coefficient (Wildman–Crippen LogP) is 3.37. The Bertz CT molecular complexity index is 1010. The van der Waals surface area contributed by atoms with E-state index in [1.54, 1.807) is 30.9 Å². The Morgan fingerprint density at radius 1 is 1.07 bits per heavy atom. The zero-order valence-corrected chi connectivity index (χ0v) is 15.2. The zero-order valence-electron chi connectivity index (χ0n) is 15.2. The molecule has 4 rings (SSSR count). The van der Waals surface area contributed by atoms with E-state index in [2.05, 4.69) is 5.32 Å². The fourth-order valence-electron chi connectivity index (χ4n) is 3.27. The van der Waals surface area contributed by atoms with Gasteiger partial charge in [0.1, 0.15) is 22.8 Å². The van der Waals surface area contributed by atoms with Crippen molar-refractivity contribution in [1.29, 1.82) is 0 Å². The van der Waals surface area contributed by atoms with Gasteiger partial charge in [0.05, 0.1) is 18.8 Å². The van der Waals surface area contributed by atoms with Crippen LogP contribution < -0.4 is 5.32 Å². The van der Waals surface area contributed by atoms with Gasteiger partial charge in [-0.1, -0.05) is 12.1 Å². The number of nitrogens with one attached hydrogen (secondary N) is 1. The maximum absolute atomic E-state index is 13.0. The summed E-state index contributed by atoms with van der Waals surface area (Å²) < 4.78 is 16.6. The molecule has 1 aliphatic heterocycles. The summed E-state index contributed by atoms with van der Waals surface area (Å²) in [6.07, 6.45) is 0. The molecule has 140 valence electrons. The molecule has 1 N–H and O–H groups in total. The highest BCUT2D eigenvalue weighted by Gasteiger charge is 2.28. The molecule has 27 heavy (non-hydrogen) atoms. The van der Waals surface area contributed by atoms with Gasteiger partial charge in [0.15, 0.2) is 0 Å². The van der Waals surface area contributed by atoms with Crippen LogP contribution in [-0.4, -0.2) is 43.0 Å². The third kappa shape index (κ3) is 3.21. The SMILES string of the molecule is Cc1cc(C(=O)Nc2c(C(=O)N3CCOCC3)oc3ccccc23)c(C)o1. The lowest BCUT2D eigenvalue weighted by atomic mass is 10.1. The second-order valence-electron chi connectivity index (χ2n) is 6.49. The molecule has 1 aromatic carbocycles. The van der Waals surface area contributed by atoms with Crippen LogP contribution in [0.15, 0.2) is 39.2 Å². The number of hydrogen-bond acceptors (Lipinski definition) is 5. The van der Waals surface area contributed by atoms with Crippen molar-refractivity contribution in [2.24, 2.45) is 0 Å². The molecular weight excluding hydrogens is 348 g/mol. The van der Waals surface area contributed by atoms with Gasteiger partial charge in [-0.05, 0) is 32.0 Å². The summed E-state index contributed by atoms with van der Waals surface area (Å²) in [6, 6.07) is 8.93. The standard InChI is InChI=1S/C20H20N2O5/c1-12-11-15(13(2)26-12)19(23)21-17-14-5-3-4-6-16(14)27-18(17)20(24)22-7-9-25-10-8-22/h3-6,11H,7-10H2,1-2H3,(H,21,23). The molecule has 3 aromatic rings. The lowest BCUT2D eigenvalue weighted by molar-refractivity contribution is 0.0285. The average Bonchev–Trinajstić information content (AvgIpc) is 3.21. The molecule has 1 fully saturated rings. The molecule has 1 aliphatic rings. The minimum absolute atomic E-state index is 0.129. The number of hydrogen-bond donors (Lipinski definition) is 1. The number of amides is 2. The number of nitrogens with zero attached hydrogens (tertiary/aromatic N) is 1. The number of fused-ring (bicyclic) bond motifs is 1. The van der Waals surface area contributed by atoms with Gasteiger partial charge in [0.2, 0.25) is 5.76 Å². The first-order valence-corrected chi connectivity index (χ1v) is 8.81. The second kappa shape index (κ2) is 6.92. The largest absolute Gasteiger partial charge is 0.466 e. The molecule has 2 amide bonds. The van der Waals surface area contributed by atoms with Crippen molar-refractivity contribution in [3.8, 4) is 0 Å². The topological polar surface area (TPSA) is 84.9 Å². The van der Waals surface area contributed by atoms with E-state index in [-0.39, 0.29) is 17.6 Å². The van der Waals surface area contributed by atoms with Gasteiger partial charge in [0.25, 0.3) is 11.8 Å². The number of carbonyl (C=O) groups is 2. The van der Waals surface area contributed by atoms with Crippen LogP contribution in [0.25, 0.3) is 11.0 Å². The Hall–Kier alpha value is -3.06. The first-order chi connectivity index (χ1) is 13.0. The lowest BCUT2D eigenvalue weighted by Gasteiger charge is -2.26. The van der Waals surface area contributed by atoms with Crippen LogP contribution in [0.1, 0.15) is 32.4 Å². The first kappa shape index (κ1) is 17.4. The normalized spacial score (nSPS) is 14.5. The van der Waals surface area contributed by atoms with E-state index in [4.69, 9.17) is 13.6 Å². The minimum Gasteiger partial charge on any atom is -0.466 e. The second-order valence-corrected chi connectivity index (χ2v) is 6.49. The Labute approximate surface area is 155 Å². The van der Waals surface area contributed by atoms with Crippen LogP contribution in [0.3, 0.4) is 0 Å². The summed E-state index contributed by atoms with van der Waals surface area (Å²) in [7, 11) is 0. The number of anilines is 1. The number of furan rings is 2. The molecule has 0 bridgehead atoms. The molecule has 0 aliphatic carbocycles. The van der Waals surface area contributed by atoms with Gasteiger partial charge in [-0.2, -0.15) is 0 Å². The van der Waals surface area contributed by atoms with Crippen LogP contribution in [0.2, 0.25) is 0 Å². The summed E-state index contributed by atoms with van der Waals surface area (Å²) in [5.74, 6) is 0.708. The molecule has 3 heterocycles. The maximum atomic E-state index is 13.0. The predicted molar refractivity (Wildman–Crippen MR) is 99.1 cm³/mol. The quantitative estimate of drug-likeness (QED) is 0.766. The third-order valence-electron chi connectivity index (χ3n) is 4.61. The van der Waals surface area contributed by atoms with E-state index >= 15 is 0 Å². The third-order valence-corrected chi connectivity index (χ3v) is 4.61. The van der Waals surface area contributed by atoms with Crippen LogP contribution in [0.4, 0.5) is 5.69 Å². The number of morpholine rings is 1.